The molecule has 3 aromatic heterocycles. The standard InChI is InChI=1S/C29H27Cl2N3O6/c30-22-11-32-12-23(31)25(22)27-21(28(40-34-27)16-4-5-16)15-37-10-2-1-3-17-6-7-19-20(29(35)36)8-9-24(26(19)33-17)39-18-13-38-14-18/h6-9,11-12,16,18H,1-5,10,13-15H2,(H,35,36). The lowest BCUT2D eigenvalue weighted by Crippen LogP contribution is -2.38. The highest BCUT2D eigenvalue weighted by Crippen LogP contribution is 2.46. The van der Waals surface area contributed by atoms with Crippen LogP contribution in [0.15, 0.2) is 41.2 Å². The van der Waals surface area contributed by atoms with E-state index in [-0.39, 0.29) is 11.7 Å². The fraction of sp³-hybridized carbons (Fsp3) is 0.379. The molecular weight excluding hydrogens is 557 g/mol. The fourth-order valence-electron chi connectivity index (χ4n) is 4.76. The van der Waals surface area contributed by atoms with Gasteiger partial charge in [-0.15, -0.1) is 0 Å². The van der Waals surface area contributed by atoms with Crippen LogP contribution in [-0.4, -0.2) is 52.1 Å². The topological polar surface area (TPSA) is 117 Å². The number of carboxylic acids is 1. The van der Waals surface area contributed by atoms with Crippen molar-refractivity contribution in [3.8, 4) is 17.0 Å². The Morgan fingerprint density at radius 3 is 2.58 bits per heavy atom. The van der Waals surface area contributed by atoms with E-state index < -0.39 is 5.97 Å². The minimum absolute atomic E-state index is 0.0431. The van der Waals surface area contributed by atoms with Crippen molar-refractivity contribution in [3.05, 3.63) is 69.3 Å². The molecule has 1 aliphatic carbocycles. The molecule has 1 saturated carbocycles. The van der Waals surface area contributed by atoms with E-state index >= 15 is 0 Å². The minimum Gasteiger partial charge on any atom is -0.483 e. The summed E-state index contributed by atoms with van der Waals surface area (Å²) in [6.07, 6.45) is 7.54. The predicted octanol–water partition coefficient (Wildman–Crippen LogP) is 6.48. The zero-order chi connectivity index (χ0) is 27.6. The van der Waals surface area contributed by atoms with Crippen LogP contribution in [-0.2, 0) is 22.5 Å². The molecule has 0 unspecified atom stereocenters. The molecule has 6 rings (SSSR count). The van der Waals surface area contributed by atoms with Gasteiger partial charge in [-0.25, -0.2) is 9.78 Å². The van der Waals surface area contributed by atoms with Crippen LogP contribution in [0, 0.1) is 0 Å². The Kier molecular flexibility index (Phi) is 7.89. The van der Waals surface area contributed by atoms with Crippen molar-refractivity contribution in [2.45, 2.75) is 50.7 Å². The summed E-state index contributed by atoms with van der Waals surface area (Å²) in [5.41, 5.74) is 3.71. The molecule has 0 amide bonds. The van der Waals surface area contributed by atoms with Gasteiger partial charge in [-0.1, -0.05) is 28.4 Å². The maximum Gasteiger partial charge on any atom is 0.336 e. The number of aromatic nitrogens is 3. The highest BCUT2D eigenvalue weighted by molar-refractivity contribution is 6.38. The Labute approximate surface area is 240 Å². The molecule has 1 saturated heterocycles. The van der Waals surface area contributed by atoms with E-state index in [1.54, 1.807) is 24.5 Å². The van der Waals surface area contributed by atoms with Gasteiger partial charge in [-0.2, -0.15) is 0 Å². The number of aromatic carboxylic acids is 1. The van der Waals surface area contributed by atoms with Crippen molar-refractivity contribution < 1.29 is 28.6 Å². The normalized spacial score (nSPS) is 15.3. The quantitative estimate of drug-likeness (QED) is 0.187. The molecule has 4 heterocycles. The summed E-state index contributed by atoms with van der Waals surface area (Å²) in [7, 11) is 0. The number of fused-ring (bicyclic) bond motifs is 1. The number of rotatable bonds is 12. The highest BCUT2D eigenvalue weighted by atomic mass is 35.5. The number of carboxylic acid groups (broad SMARTS) is 1. The van der Waals surface area contributed by atoms with Gasteiger partial charge in [-0.05, 0) is 56.4 Å². The lowest BCUT2D eigenvalue weighted by atomic mass is 10.1. The number of carbonyl (C=O) groups is 1. The van der Waals surface area contributed by atoms with Crippen LogP contribution in [0.4, 0.5) is 0 Å². The van der Waals surface area contributed by atoms with Gasteiger partial charge < -0.3 is 23.8 Å². The molecule has 2 fully saturated rings. The van der Waals surface area contributed by atoms with Gasteiger partial charge >= 0.3 is 5.97 Å². The summed E-state index contributed by atoms with van der Waals surface area (Å²) in [5, 5.41) is 15.3. The van der Waals surface area contributed by atoms with E-state index in [0.717, 1.165) is 49.1 Å². The minimum atomic E-state index is -0.996. The Hall–Kier alpha value is -3.24. The largest absolute Gasteiger partial charge is 0.483 e. The molecular formula is C29H27Cl2N3O6. The Morgan fingerprint density at radius 2 is 1.88 bits per heavy atom. The molecule has 0 radical (unpaired) electrons. The van der Waals surface area contributed by atoms with E-state index in [1.165, 1.54) is 0 Å². The molecule has 4 aromatic rings. The van der Waals surface area contributed by atoms with Crippen molar-refractivity contribution in [1.82, 2.24) is 15.1 Å². The zero-order valence-electron chi connectivity index (χ0n) is 21.6. The van der Waals surface area contributed by atoms with Crippen LogP contribution in [0.1, 0.15) is 59.0 Å². The molecule has 11 heteroatoms. The van der Waals surface area contributed by atoms with Gasteiger partial charge in [0.15, 0.2) is 0 Å². The number of hydrogen-bond donors (Lipinski definition) is 1. The van der Waals surface area contributed by atoms with Crippen molar-refractivity contribution in [2.24, 2.45) is 0 Å². The maximum absolute atomic E-state index is 11.7. The summed E-state index contributed by atoms with van der Waals surface area (Å²) >= 11 is 12.8. The third-order valence-electron chi connectivity index (χ3n) is 7.08. The van der Waals surface area contributed by atoms with Gasteiger partial charge in [0.05, 0.1) is 35.4 Å². The molecule has 1 N–H and O–H groups in total. The van der Waals surface area contributed by atoms with E-state index in [9.17, 15) is 9.90 Å². The number of unbranched alkanes of at least 4 members (excludes halogenated alkanes) is 1. The fourth-order valence-corrected chi connectivity index (χ4v) is 5.30. The number of pyridine rings is 2. The third-order valence-corrected chi connectivity index (χ3v) is 7.66. The number of ether oxygens (including phenoxy) is 3. The Bertz CT molecular complexity index is 1530. The lowest BCUT2D eigenvalue weighted by molar-refractivity contribution is -0.0791. The lowest BCUT2D eigenvalue weighted by Gasteiger charge is -2.27. The Morgan fingerprint density at radius 1 is 1.07 bits per heavy atom. The van der Waals surface area contributed by atoms with Crippen LogP contribution in [0.3, 0.4) is 0 Å². The smallest absolute Gasteiger partial charge is 0.336 e. The molecule has 40 heavy (non-hydrogen) atoms. The molecule has 0 spiro atoms. The average Bonchev–Trinajstić information content (AvgIpc) is 3.68. The van der Waals surface area contributed by atoms with Crippen molar-refractivity contribution >= 4 is 40.1 Å². The van der Waals surface area contributed by atoms with Gasteiger partial charge in [-0.3, -0.25) is 4.98 Å². The van der Waals surface area contributed by atoms with Crippen molar-refractivity contribution in [3.63, 3.8) is 0 Å². The van der Waals surface area contributed by atoms with E-state index in [1.807, 2.05) is 12.1 Å². The van der Waals surface area contributed by atoms with Crippen LogP contribution in [0.2, 0.25) is 10.0 Å². The summed E-state index contributed by atoms with van der Waals surface area (Å²) in [4.78, 5) is 20.5. The summed E-state index contributed by atoms with van der Waals surface area (Å²) in [6.45, 7) is 1.92. The molecule has 1 aliphatic heterocycles. The van der Waals surface area contributed by atoms with Crippen LogP contribution in [0.25, 0.3) is 22.2 Å². The first kappa shape index (κ1) is 27.0. The maximum atomic E-state index is 11.7. The predicted molar refractivity (Wildman–Crippen MR) is 148 cm³/mol. The van der Waals surface area contributed by atoms with E-state index in [4.69, 9.17) is 46.9 Å². The molecule has 9 nitrogen and oxygen atoms in total. The Balaban J connectivity index is 1.09. The van der Waals surface area contributed by atoms with Crippen LogP contribution in [0.5, 0.6) is 5.75 Å². The van der Waals surface area contributed by atoms with Gasteiger partial charge in [0.1, 0.15) is 28.8 Å². The third kappa shape index (κ3) is 5.65. The molecule has 2 aliphatic rings. The first-order valence-corrected chi connectivity index (χ1v) is 14.0. The van der Waals surface area contributed by atoms with Crippen molar-refractivity contribution in [2.75, 3.05) is 19.8 Å². The monoisotopic (exact) mass is 583 g/mol. The summed E-state index contributed by atoms with van der Waals surface area (Å²) in [5.74, 6) is 0.769. The van der Waals surface area contributed by atoms with E-state index in [0.29, 0.717) is 70.3 Å². The second kappa shape index (κ2) is 11.7. The van der Waals surface area contributed by atoms with E-state index in [2.05, 4.69) is 10.1 Å². The summed E-state index contributed by atoms with van der Waals surface area (Å²) in [6, 6.07) is 6.92. The molecule has 1 aromatic carbocycles. The second-order valence-corrected chi connectivity index (χ2v) is 10.8. The SMILES string of the molecule is O=C(O)c1ccc(OC2COC2)c2nc(CCCCOCc3c(-c4c(Cl)cncc4Cl)noc3C3CC3)ccc12. The number of nitrogens with zero attached hydrogens (tertiary/aromatic N) is 3. The second-order valence-electron chi connectivity index (χ2n) is 10.0. The van der Waals surface area contributed by atoms with Gasteiger partial charge in [0.25, 0.3) is 0 Å². The molecule has 0 bridgehead atoms. The van der Waals surface area contributed by atoms with Crippen LogP contribution >= 0.6 is 23.2 Å². The van der Waals surface area contributed by atoms with Crippen molar-refractivity contribution in [1.29, 1.82) is 0 Å². The molecule has 0 atom stereocenters. The van der Waals surface area contributed by atoms with Gasteiger partial charge in [0, 0.05) is 47.1 Å². The average molecular weight is 584 g/mol. The van der Waals surface area contributed by atoms with Gasteiger partial charge in [0.2, 0.25) is 0 Å². The molecule has 208 valence electrons. The number of aryl methyl sites for hydroxylation is 1. The number of benzene rings is 1. The zero-order valence-corrected chi connectivity index (χ0v) is 23.1. The summed E-state index contributed by atoms with van der Waals surface area (Å²) < 4.78 is 22.9. The first-order valence-electron chi connectivity index (χ1n) is 13.3. The number of halogens is 2. The first-order chi connectivity index (χ1) is 19.5. The number of hydrogen-bond acceptors (Lipinski definition) is 8. The highest BCUT2D eigenvalue weighted by Gasteiger charge is 2.33. The van der Waals surface area contributed by atoms with Crippen LogP contribution < -0.4 is 4.74 Å².